The Hall–Kier alpha value is -3.04. The number of nitrogens with one attached hydrogen (secondary N) is 2. The summed E-state index contributed by atoms with van der Waals surface area (Å²) in [5.74, 6) is 0.0197. The van der Waals surface area contributed by atoms with E-state index in [0.717, 1.165) is 28.5 Å². The average molecular weight is 403 g/mol. The minimum Gasteiger partial charge on any atom is -0.361 e. The molecule has 1 aromatic heterocycles. The van der Waals surface area contributed by atoms with Gasteiger partial charge >= 0.3 is 0 Å². The Morgan fingerprint density at radius 2 is 1.62 bits per heavy atom. The zero-order valence-corrected chi connectivity index (χ0v) is 16.8. The van der Waals surface area contributed by atoms with Crippen LogP contribution < -0.4 is 5.32 Å². The Morgan fingerprint density at radius 1 is 0.897 bits per heavy atom. The fraction of sp³-hybridized carbons (Fsp3) is 0.160. The Morgan fingerprint density at radius 3 is 2.45 bits per heavy atom. The average Bonchev–Trinajstić information content (AvgIpc) is 3.18. The highest BCUT2D eigenvalue weighted by Gasteiger charge is 2.21. The molecule has 0 unspecified atom stereocenters. The molecule has 0 fully saturated rings. The van der Waals surface area contributed by atoms with Crippen LogP contribution in [0.1, 0.15) is 29.0 Å². The number of fused-ring (bicyclic) bond motifs is 1. The van der Waals surface area contributed by atoms with Crippen LogP contribution in [-0.4, -0.2) is 17.4 Å². The summed E-state index contributed by atoms with van der Waals surface area (Å²) in [6.45, 7) is 0.499. The van der Waals surface area contributed by atoms with E-state index >= 15 is 0 Å². The molecule has 0 aliphatic rings. The number of H-pyrrole nitrogens is 1. The number of amides is 1. The predicted octanol–water partition coefficient (Wildman–Crippen LogP) is 5.70. The molecule has 4 heteroatoms. The Labute approximate surface area is 175 Å². The molecule has 0 saturated heterocycles. The van der Waals surface area contributed by atoms with Crippen molar-refractivity contribution in [1.82, 2.24) is 10.3 Å². The van der Waals surface area contributed by atoms with Crippen molar-refractivity contribution in [3.8, 4) is 0 Å². The summed E-state index contributed by atoms with van der Waals surface area (Å²) in [5, 5.41) is 4.98. The molecule has 0 radical (unpaired) electrons. The molecule has 4 aromatic rings. The zero-order valence-electron chi connectivity index (χ0n) is 16.1. The van der Waals surface area contributed by atoms with E-state index in [0.29, 0.717) is 18.0 Å². The number of aryl methyl sites for hydroxylation is 1. The maximum atomic E-state index is 12.5. The van der Waals surface area contributed by atoms with Gasteiger partial charge in [0.05, 0.1) is 0 Å². The van der Waals surface area contributed by atoms with Crippen LogP contribution in [0.2, 0.25) is 5.02 Å². The first-order chi connectivity index (χ1) is 14.2. The molecule has 0 bridgehead atoms. The molecule has 3 aromatic carbocycles. The molecule has 3 nitrogen and oxygen atoms in total. The maximum Gasteiger partial charge on any atom is 0.220 e. The Bertz CT molecular complexity index is 1100. The minimum atomic E-state index is -0.0273. The van der Waals surface area contributed by atoms with Crippen LogP contribution in [0.25, 0.3) is 10.9 Å². The normalized spacial score (nSPS) is 12.0. The van der Waals surface area contributed by atoms with Crippen molar-refractivity contribution in [2.75, 3.05) is 6.54 Å². The number of aromatic amines is 1. The van der Waals surface area contributed by atoms with Crippen LogP contribution >= 0.6 is 11.6 Å². The monoisotopic (exact) mass is 402 g/mol. The summed E-state index contributed by atoms with van der Waals surface area (Å²) in [4.78, 5) is 15.9. The smallest absolute Gasteiger partial charge is 0.220 e. The molecule has 0 aliphatic heterocycles. The predicted molar refractivity (Wildman–Crippen MR) is 119 cm³/mol. The largest absolute Gasteiger partial charge is 0.361 e. The molecule has 1 atom stereocenters. The summed E-state index contributed by atoms with van der Waals surface area (Å²) >= 11 is 6.52. The van der Waals surface area contributed by atoms with Gasteiger partial charge in [-0.1, -0.05) is 78.3 Å². The molecule has 0 saturated carbocycles. The lowest BCUT2D eigenvalue weighted by atomic mass is 9.90. The third kappa shape index (κ3) is 4.52. The van der Waals surface area contributed by atoms with Crippen molar-refractivity contribution in [3.63, 3.8) is 0 Å². The first-order valence-electron chi connectivity index (χ1n) is 9.83. The first-order valence-corrected chi connectivity index (χ1v) is 10.2. The first kappa shape index (κ1) is 19.3. The second kappa shape index (κ2) is 8.97. The number of rotatable bonds is 7. The van der Waals surface area contributed by atoms with E-state index in [1.807, 2.05) is 72.9 Å². The molecule has 2 N–H and O–H groups in total. The van der Waals surface area contributed by atoms with E-state index in [1.165, 1.54) is 5.56 Å². The van der Waals surface area contributed by atoms with Crippen molar-refractivity contribution < 1.29 is 4.79 Å². The highest BCUT2D eigenvalue weighted by molar-refractivity contribution is 6.31. The highest BCUT2D eigenvalue weighted by Crippen LogP contribution is 2.34. The van der Waals surface area contributed by atoms with Gasteiger partial charge in [0.2, 0.25) is 5.91 Å². The van der Waals surface area contributed by atoms with Crippen LogP contribution in [-0.2, 0) is 11.2 Å². The van der Waals surface area contributed by atoms with Gasteiger partial charge in [0.25, 0.3) is 0 Å². The van der Waals surface area contributed by atoms with Crippen LogP contribution in [0, 0.1) is 0 Å². The van der Waals surface area contributed by atoms with Gasteiger partial charge in [0, 0.05) is 41.0 Å². The van der Waals surface area contributed by atoms with Crippen LogP contribution in [0.5, 0.6) is 0 Å². The van der Waals surface area contributed by atoms with Crippen molar-refractivity contribution in [2.24, 2.45) is 0 Å². The number of hydrogen-bond donors (Lipinski definition) is 2. The number of aromatic nitrogens is 1. The van der Waals surface area contributed by atoms with Gasteiger partial charge in [-0.25, -0.2) is 0 Å². The van der Waals surface area contributed by atoms with E-state index in [2.05, 4.69) is 22.4 Å². The Balaban J connectivity index is 1.53. The quantitative estimate of drug-likeness (QED) is 0.409. The van der Waals surface area contributed by atoms with E-state index in [4.69, 9.17) is 11.6 Å². The highest BCUT2D eigenvalue weighted by atomic mass is 35.5. The van der Waals surface area contributed by atoms with Gasteiger partial charge in [-0.05, 0) is 35.2 Å². The maximum absolute atomic E-state index is 12.5. The van der Waals surface area contributed by atoms with Gasteiger partial charge in [-0.2, -0.15) is 0 Å². The number of carbonyl (C=O) groups excluding carboxylic acids is 1. The lowest BCUT2D eigenvalue weighted by molar-refractivity contribution is -0.121. The zero-order chi connectivity index (χ0) is 20.1. The SMILES string of the molecule is O=C(CCc1ccccc1)NC[C@H](c1ccccc1Cl)c1c[nH]c2ccccc12. The van der Waals surface area contributed by atoms with Crippen LogP contribution in [0.3, 0.4) is 0 Å². The molecule has 0 spiro atoms. The molecular weight excluding hydrogens is 380 g/mol. The number of para-hydroxylation sites is 1. The van der Waals surface area contributed by atoms with Gasteiger partial charge in [-0.3, -0.25) is 4.79 Å². The van der Waals surface area contributed by atoms with Crippen LogP contribution in [0.15, 0.2) is 85.1 Å². The third-order valence-corrected chi connectivity index (χ3v) is 5.61. The number of halogens is 1. The van der Waals surface area contributed by atoms with E-state index in [1.54, 1.807) is 0 Å². The van der Waals surface area contributed by atoms with Gasteiger partial charge in [0.15, 0.2) is 0 Å². The van der Waals surface area contributed by atoms with E-state index < -0.39 is 0 Å². The lowest BCUT2D eigenvalue weighted by Gasteiger charge is -2.19. The molecule has 1 amide bonds. The summed E-state index contributed by atoms with van der Waals surface area (Å²) in [6, 6.07) is 26.1. The fourth-order valence-electron chi connectivity index (χ4n) is 3.73. The minimum absolute atomic E-state index is 0.0273. The van der Waals surface area contributed by atoms with Gasteiger partial charge < -0.3 is 10.3 Å². The van der Waals surface area contributed by atoms with E-state index in [9.17, 15) is 4.79 Å². The fourth-order valence-corrected chi connectivity index (χ4v) is 4.00. The summed E-state index contributed by atoms with van der Waals surface area (Å²) < 4.78 is 0. The number of carbonyl (C=O) groups is 1. The molecule has 1 heterocycles. The summed E-state index contributed by atoms with van der Waals surface area (Å²) in [7, 11) is 0. The van der Waals surface area contributed by atoms with E-state index in [-0.39, 0.29) is 11.8 Å². The standard InChI is InChI=1S/C25H23ClN2O/c26-23-12-6-4-10-19(23)21(22-16-27-24-13-7-5-11-20(22)24)17-28-25(29)15-14-18-8-2-1-3-9-18/h1-13,16,21,27H,14-15,17H2,(H,28,29)/t21-/m1/s1. The van der Waals surface area contributed by atoms with Gasteiger partial charge in [0.1, 0.15) is 0 Å². The van der Waals surface area contributed by atoms with Crippen molar-refractivity contribution in [1.29, 1.82) is 0 Å². The summed E-state index contributed by atoms with van der Waals surface area (Å²) in [6.07, 6.45) is 3.22. The van der Waals surface area contributed by atoms with Crippen molar-refractivity contribution >= 4 is 28.4 Å². The number of hydrogen-bond acceptors (Lipinski definition) is 1. The van der Waals surface area contributed by atoms with Crippen molar-refractivity contribution in [2.45, 2.75) is 18.8 Å². The second-order valence-corrected chi connectivity index (χ2v) is 7.56. The summed E-state index contributed by atoms with van der Waals surface area (Å²) in [5.41, 5.74) is 4.40. The second-order valence-electron chi connectivity index (χ2n) is 7.15. The molecule has 0 aliphatic carbocycles. The lowest BCUT2D eigenvalue weighted by Crippen LogP contribution is -2.29. The van der Waals surface area contributed by atoms with Gasteiger partial charge in [-0.15, -0.1) is 0 Å². The van der Waals surface area contributed by atoms with Crippen molar-refractivity contribution in [3.05, 3.63) is 107 Å². The molecule has 146 valence electrons. The topological polar surface area (TPSA) is 44.9 Å². The molecule has 4 rings (SSSR count). The molecule has 29 heavy (non-hydrogen) atoms. The number of benzene rings is 3. The molecular formula is C25H23ClN2O. The Kier molecular flexibility index (Phi) is 5.97. The third-order valence-electron chi connectivity index (χ3n) is 5.26. The van der Waals surface area contributed by atoms with Crippen LogP contribution in [0.4, 0.5) is 0 Å².